The number of benzene rings is 1. The van der Waals surface area contributed by atoms with Crippen molar-refractivity contribution in [1.29, 1.82) is 0 Å². The third kappa shape index (κ3) is 4.52. The summed E-state index contributed by atoms with van der Waals surface area (Å²) >= 11 is 0. The van der Waals surface area contributed by atoms with E-state index in [-0.39, 0.29) is 17.1 Å². The topological polar surface area (TPSA) is 88.6 Å². The number of sulfonamides is 1. The first kappa shape index (κ1) is 22.8. The molecule has 1 saturated carbocycles. The standard InChI is InChI=1S/C26H29N3O4S/c1-27-34(31,32)22-8-4-5-19(15-22)20-16-24-23(9-10-25(24)28-17-20)18-11-13-29(14-12-18)26(30)33-21-6-2-3-7-21/h4-5,8-9,11,15-17,21,27H,2-3,6-7,10,12-14H2,1H3. The number of rotatable bonds is 5. The van der Waals surface area contributed by atoms with Crippen LogP contribution in [0.1, 0.15) is 43.4 Å². The number of allylic oxidation sites excluding steroid dienone is 2. The fourth-order valence-electron chi connectivity index (χ4n) is 4.92. The summed E-state index contributed by atoms with van der Waals surface area (Å²) < 4.78 is 32.5. The molecule has 2 heterocycles. The maximum absolute atomic E-state index is 12.5. The molecular weight excluding hydrogens is 450 g/mol. The van der Waals surface area contributed by atoms with Crippen LogP contribution < -0.4 is 4.72 Å². The molecular formula is C26H29N3O4S. The van der Waals surface area contributed by atoms with E-state index >= 15 is 0 Å². The molecule has 0 radical (unpaired) electrons. The lowest BCUT2D eigenvalue weighted by Crippen LogP contribution is -2.37. The predicted molar refractivity (Wildman–Crippen MR) is 131 cm³/mol. The Bertz CT molecular complexity index is 1280. The fraction of sp³-hybridized carbons (Fsp3) is 0.385. The summed E-state index contributed by atoms with van der Waals surface area (Å²) in [6.45, 7) is 1.19. The van der Waals surface area contributed by atoms with Crippen molar-refractivity contribution in [3.05, 3.63) is 65.5 Å². The number of amides is 1. The SMILES string of the molecule is CNS(=O)(=O)c1cccc(-c2cnc3c(c2)C(C2=CCN(C(=O)OC4CCCC4)CC2)=CC3)c1. The van der Waals surface area contributed by atoms with Crippen molar-refractivity contribution < 1.29 is 17.9 Å². The van der Waals surface area contributed by atoms with Crippen molar-refractivity contribution in [2.45, 2.75) is 49.5 Å². The van der Waals surface area contributed by atoms with E-state index in [0.717, 1.165) is 66.5 Å². The molecule has 178 valence electrons. The molecule has 1 fully saturated rings. The minimum Gasteiger partial charge on any atom is -0.446 e. The highest BCUT2D eigenvalue weighted by Crippen LogP contribution is 2.37. The summed E-state index contributed by atoms with van der Waals surface area (Å²) in [4.78, 5) is 19.2. The number of ether oxygens (including phenoxy) is 1. The Balaban J connectivity index is 1.34. The average molecular weight is 480 g/mol. The van der Waals surface area contributed by atoms with E-state index < -0.39 is 10.0 Å². The lowest BCUT2D eigenvalue weighted by Gasteiger charge is -2.27. The zero-order chi connectivity index (χ0) is 23.7. The summed E-state index contributed by atoms with van der Waals surface area (Å²) in [5.74, 6) is 0. The summed E-state index contributed by atoms with van der Waals surface area (Å²) in [6, 6.07) is 8.98. The van der Waals surface area contributed by atoms with Gasteiger partial charge in [0.1, 0.15) is 6.10 Å². The zero-order valence-electron chi connectivity index (χ0n) is 19.3. The molecule has 2 aliphatic carbocycles. The van der Waals surface area contributed by atoms with Gasteiger partial charge in [-0.1, -0.05) is 24.3 Å². The molecule has 3 aliphatic rings. The second kappa shape index (κ2) is 9.35. The minimum atomic E-state index is -3.52. The molecule has 34 heavy (non-hydrogen) atoms. The van der Waals surface area contributed by atoms with Crippen molar-refractivity contribution in [2.24, 2.45) is 0 Å². The summed E-state index contributed by atoms with van der Waals surface area (Å²) in [5.41, 5.74) is 6.14. The number of hydrogen-bond acceptors (Lipinski definition) is 5. The van der Waals surface area contributed by atoms with Crippen LogP contribution in [0.3, 0.4) is 0 Å². The lowest BCUT2D eigenvalue weighted by molar-refractivity contribution is 0.0676. The predicted octanol–water partition coefficient (Wildman–Crippen LogP) is 4.31. The van der Waals surface area contributed by atoms with E-state index in [1.54, 1.807) is 29.3 Å². The summed E-state index contributed by atoms with van der Waals surface area (Å²) in [5, 5.41) is 0. The van der Waals surface area contributed by atoms with Gasteiger partial charge in [-0.25, -0.2) is 17.9 Å². The first-order valence-electron chi connectivity index (χ1n) is 11.8. The smallest absolute Gasteiger partial charge is 0.410 e. The molecule has 0 spiro atoms. The van der Waals surface area contributed by atoms with Crippen LogP contribution in [0, 0.1) is 0 Å². The van der Waals surface area contributed by atoms with Crippen LogP contribution in [0.25, 0.3) is 16.7 Å². The summed E-state index contributed by atoms with van der Waals surface area (Å²) in [7, 11) is -2.12. The monoisotopic (exact) mass is 479 g/mol. The third-order valence-corrected chi connectivity index (χ3v) is 8.30. The molecule has 1 aromatic heterocycles. The number of carbonyl (C=O) groups excluding carboxylic acids is 1. The molecule has 1 amide bonds. The van der Waals surface area contributed by atoms with Gasteiger partial charge < -0.3 is 9.64 Å². The van der Waals surface area contributed by atoms with Gasteiger partial charge in [-0.15, -0.1) is 0 Å². The highest BCUT2D eigenvalue weighted by Gasteiger charge is 2.27. The van der Waals surface area contributed by atoms with Crippen molar-refractivity contribution in [3.8, 4) is 11.1 Å². The Labute approximate surface area is 200 Å². The van der Waals surface area contributed by atoms with Crippen LogP contribution in [0.2, 0.25) is 0 Å². The molecule has 0 unspecified atom stereocenters. The quantitative estimate of drug-likeness (QED) is 0.691. The molecule has 0 atom stereocenters. The number of carbonyl (C=O) groups is 1. The number of nitrogens with one attached hydrogen (secondary N) is 1. The number of aromatic nitrogens is 1. The van der Waals surface area contributed by atoms with Crippen LogP contribution in [0.5, 0.6) is 0 Å². The van der Waals surface area contributed by atoms with Gasteiger partial charge in [-0.2, -0.15) is 0 Å². The molecule has 2 aromatic rings. The van der Waals surface area contributed by atoms with E-state index in [9.17, 15) is 13.2 Å². The van der Waals surface area contributed by atoms with Crippen LogP contribution in [-0.2, 0) is 21.2 Å². The second-order valence-corrected chi connectivity index (χ2v) is 10.9. The van der Waals surface area contributed by atoms with Crippen molar-refractivity contribution in [1.82, 2.24) is 14.6 Å². The van der Waals surface area contributed by atoms with Crippen LogP contribution in [0.15, 0.2) is 59.1 Å². The minimum absolute atomic E-state index is 0.0772. The largest absolute Gasteiger partial charge is 0.446 e. The van der Waals surface area contributed by atoms with Crippen LogP contribution in [-0.4, -0.2) is 50.6 Å². The van der Waals surface area contributed by atoms with E-state index in [0.29, 0.717) is 13.1 Å². The lowest BCUT2D eigenvalue weighted by atomic mass is 9.94. The Hall–Kier alpha value is -2.97. The Morgan fingerprint density at radius 3 is 2.71 bits per heavy atom. The first-order chi connectivity index (χ1) is 16.4. The molecule has 1 aliphatic heterocycles. The number of hydrogen-bond donors (Lipinski definition) is 1. The van der Waals surface area contributed by atoms with Gasteiger partial charge in [0.05, 0.1) is 10.6 Å². The first-order valence-corrected chi connectivity index (χ1v) is 13.3. The Morgan fingerprint density at radius 1 is 1.15 bits per heavy atom. The fourth-order valence-corrected chi connectivity index (χ4v) is 5.70. The maximum atomic E-state index is 12.5. The van der Waals surface area contributed by atoms with Crippen molar-refractivity contribution >= 4 is 21.7 Å². The molecule has 8 heteroatoms. The number of nitrogens with zero attached hydrogens (tertiary/aromatic N) is 2. The van der Waals surface area contributed by atoms with E-state index in [2.05, 4.69) is 27.9 Å². The highest BCUT2D eigenvalue weighted by atomic mass is 32.2. The van der Waals surface area contributed by atoms with E-state index in [4.69, 9.17) is 4.74 Å². The maximum Gasteiger partial charge on any atom is 0.410 e. The van der Waals surface area contributed by atoms with Crippen LogP contribution >= 0.6 is 0 Å². The molecule has 7 nitrogen and oxygen atoms in total. The van der Waals surface area contributed by atoms with Gasteiger partial charge in [-0.05, 0) is 74.1 Å². The second-order valence-electron chi connectivity index (χ2n) is 8.99. The van der Waals surface area contributed by atoms with Gasteiger partial charge >= 0.3 is 6.09 Å². The number of pyridine rings is 1. The van der Waals surface area contributed by atoms with E-state index in [1.807, 2.05) is 6.07 Å². The van der Waals surface area contributed by atoms with Crippen molar-refractivity contribution in [3.63, 3.8) is 0 Å². The average Bonchev–Trinajstić information content (AvgIpc) is 3.53. The Kier molecular flexibility index (Phi) is 6.27. The molecule has 0 bridgehead atoms. The number of fused-ring (bicyclic) bond motifs is 1. The van der Waals surface area contributed by atoms with E-state index in [1.165, 1.54) is 12.6 Å². The van der Waals surface area contributed by atoms with Crippen molar-refractivity contribution in [2.75, 3.05) is 20.1 Å². The normalized spacial score (nSPS) is 18.4. The zero-order valence-corrected chi connectivity index (χ0v) is 20.1. The third-order valence-electron chi connectivity index (χ3n) is 6.89. The summed E-state index contributed by atoms with van der Waals surface area (Å²) in [6.07, 6.45) is 11.8. The van der Waals surface area contributed by atoms with Gasteiger partial charge in [0, 0.05) is 36.8 Å². The van der Waals surface area contributed by atoms with Gasteiger partial charge in [0.2, 0.25) is 10.0 Å². The molecule has 1 N–H and O–H groups in total. The Morgan fingerprint density at radius 2 is 1.97 bits per heavy atom. The van der Waals surface area contributed by atoms with Gasteiger partial charge in [0.15, 0.2) is 0 Å². The molecule has 1 aromatic carbocycles. The highest BCUT2D eigenvalue weighted by molar-refractivity contribution is 7.89. The molecule has 0 saturated heterocycles. The molecule has 5 rings (SSSR count). The van der Waals surface area contributed by atoms with Gasteiger partial charge in [0.25, 0.3) is 0 Å². The van der Waals surface area contributed by atoms with Gasteiger partial charge in [-0.3, -0.25) is 4.98 Å². The van der Waals surface area contributed by atoms with Crippen LogP contribution in [0.4, 0.5) is 4.79 Å².